The molecule has 0 radical (unpaired) electrons. The van der Waals surface area contributed by atoms with E-state index in [0.717, 1.165) is 62.1 Å². The van der Waals surface area contributed by atoms with Crippen molar-refractivity contribution < 1.29 is 22.1 Å². The third-order valence-electron chi connectivity index (χ3n) is 6.43. The number of anilines is 1. The van der Waals surface area contributed by atoms with E-state index in [1.807, 2.05) is 0 Å². The van der Waals surface area contributed by atoms with Crippen LogP contribution in [0.3, 0.4) is 0 Å². The highest BCUT2D eigenvalue weighted by molar-refractivity contribution is 7.88. The Morgan fingerprint density at radius 1 is 1.22 bits per heavy atom. The Balaban J connectivity index is 0.00000294. The van der Waals surface area contributed by atoms with Gasteiger partial charge in [-0.25, -0.2) is 4.31 Å². The van der Waals surface area contributed by atoms with Crippen molar-refractivity contribution in [1.82, 2.24) is 4.90 Å². The highest BCUT2D eigenvalue weighted by atomic mass is 35.5. The van der Waals surface area contributed by atoms with Crippen molar-refractivity contribution in [2.75, 3.05) is 30.5 Å². The van der Waals surface area contributed by atoms with Crippen molar-refractivity contribution >= 4 is 76.1 Å². The summed E-state index contributed by atoms with van der Waals surface area (Å²) in [5, 5.41) is 7.83. The Hall–Kier alpha value is -2.99. The van der Waals surface area contributed by atoms with E-state index < -0.39 is 16.3 Å². The van der Waals surface area contributed by atoms with Crippen LogP contribution in [0.5, 0.6) is 5.75 Å². The fourth-order valence-electron chi connectivity index (χ4n) is 4.55. The lowest BCUT2D eigenvalue weighted by Crippen LogP contribution is -2.41. The van der Waals surface area contributed by atoms with Crippen LogP contribution in [0.25, 0.3) is 6.08 Å². The number of piperidine rings is 1. The van der Waals surface area contributed by atoms with E-state index in [1.54, 1.807) is 48.6 Å². The first-order chi connectivity index (χ1) is 18.6. The van der Waals surface area contributed by atoms with Crippen LogP contribution in [-0.4, -0.2) is 63.2 Å². The largest absolute Gasteiger partial charge is 0.489 e. The molecule has 0 atom stereocenters. The van der Waals surface area contributed by atoms with Crippen LogP contribution in [0.15, 0.2) is 53.5 Å². The Bertz CT molecular complexity index is 1400. The molecule has 10 nitrogen and oxygen atoms in total. The number of nitrogens with two attached hydrogens (primary N) is 1. The zero-order valence-corrected chi connectivity index (χ0v) is 25.7. The molecule has 1 fully saturated rings. The molecule has 2 aliphatic rings. The SMILES string of the molecule is CC(=O)OS(=O)(=O)N(C/C=C/c1cccc(C(=N)N)c1)c1ccc(OC2CCN(C3=NCCC3)CC2)c(Cl)c1.Cl.Cl. The van der Waals surface area contributed by atoms with Gasteiger partial charge in [0, 0.05) is 51.4 Å². The van der Waals surface area contributed by atoms with Crippen molar-refractivity contribution in [1.29, 1.82) is 5.41 Å². The summed E-state index contributed by atoms with van der Waals surface area (Å²) in [6.45, 7) is 3.53. The minimum atomic E-state index is -4.46. The summed E-state index contributed by atoms with van der Waals surface area (Å²) in [5.41, 5.74) is 7.03. The fraction of sp³-hybridized carbons (Fsp3) is 0.370. The molecule has 3 N–H and O–H groups in total. The van der Waals surface area contributed by atoms with Gasteiger partial charge in [0.05, 0.1) is 23.1 Å². The first kappa shape index (κ1) is 34.2. The number of hydrogen-bond donors (Lipinski definition) is 2. The number of carbonyl (C=O) groups excluding carboxylic acids is 1. The maximum Gasteiger partial charge on any atom is 0.412 e. The summed E-state index contributed by atoms with van der Waals surface area (Å²) in [5.74, 6) is 0.609. The number of nitrogens with zero attached hydrogens (tertiary/aromatic N) is 3. The molecule has 0 bridgehead atoms. The summed E-state index contributed by atoms with van der Waals surface area (Å²) in [4.78, 5) is 18.4. The molecule has 0 aromatic heterocycles. The topological polar surface area (TPSA) is 138 Å². The lowest BCUT2D eigenvalue weighted by atomic mass is 10.1. The highest BCUT2D eigenvalue weighted by Crippen LogP contribution is 2.33. The van der Waals surface area contributed by atoms with Crippen LogP contribution >= 0.6 is 36.4 Å². The van der Waals surface area contributed by atoms with E-state index in [0.29, 0.717) is 11.3 Å². The molecule has 1 saturated heterocycles. The molecular weight excluding hydrogens is 613 g/mol. The van der Waals surface area contributed by atoms with Gasteiger partial charge in [0.25, 0.3) is 0 Å². The van der Waals surface area contributed by atoms with Crippen molar-refractivity contribution in [3.63, 3.8) is 0 Å². The fourth-order valence-corrected chi connectivity index (χ4v) is 5.79. The summed E-state index contributed by atoms with van der Waals surface area (Å²) in [6.07, 6.45) is 7.08. The lowest BCUT2D eigenvalue weighted by Gasteiger charge is -2.33. The number of nitrogen functional groups attached to an aromatic ring is 1. The van der Waals surface area contributed by atoms with Crippen molar-refractivity contribution in [2.24, 2.45) is 10.7 Å². The molecule has 41 heavy (non-hydrogen) atoms. The molecule has 2 aromatic carbocycles. The Labute approximate surface area is 258 Å². The van der Waals surface area contributed by atoms with Gasteiger partial charge in [-0.3, -0.25) is 15.2 Å². The zero-order chi connectivity index (χ0) is 28.0. The van der Waals surface area contributed by atoms with Crippen LogP contribution in [0.4, 0.5) is 5.69 Å². The molecule has 0 saturated carbocycles. The predicted molar refractivity (Wildman–Crippen MR) is 167 cm³/mol. The molecule has 4 rings (SSSR count). The van der Waals surface area contributed by atoms with Gasteiger partial charge < -0.3 is 19.6 Å². The van der Waals surface area contributed by atoms with E-state index >= 15 is 0 Å². The second-order valence-electron chi connectivity index (χ2n) is 9.33. The van der Waals surface area contributed by atoms with Gasteiger partial charge in [-0.1, -0.05) is 42.0 Å². The monoisotopic (exact) mass is 645 g/mol. The summed E-state index contributed by atoms with van der Waals surface area (Å²) in [6, 6.07) is 11.6. The van der Waals surface area contributed by atoms with E-state index in [9.17, 15) is 13.2 Å². The molecule has 0 spiro atoms. The van der Waals surface area contributed by atoms with E-state index in [4.69, 9.17) is 27.5 Å². The van der Waals surface area contributed by atoms with Crippen molar-refractivity contribution in [2.45, 2.75) is 38.7 Å². The number of hydrogen-bond acceptors (Lipinski definition) is 8. The van der Waals surface area contributed by atoms with Gasteiger partial charge >= 0.3 is 16.3 Å². The van der Waals surface area contributed by atoms with Gasteiger partial charge in [-0.05, 0) is 36.2 Å². The van der Waals surface area contributed by atoms with E-state index in [-0.39, 0.29) is 54.0 Å². The van der Waals surface area contributed by atoms with Crippen LogP contribution in [0.1, 0.15) is 43.7 Å². The minimum absolute atomic E-state index is 0. The van der Waals surface area contributed by atoms with Crippen LogP contribution in [0, 0.1) is 5.41 Å². The third-order valence-corrected chi connectivity index (χ3v) is 8.07. The van der Waals surface area contributed by atoms with Crippen molar-refractivity contribution in [3.05, 3.63) is 64.7 Å². The van der Waals surface area contributed by atoms with Gasteiger partial charge in [-0.15, -0.1) is 24.8 Å². The summed E-state index contributed by atoms with van der Waals surface area (Å²) >= 11 is 6.52. The minimum Gasteiger partial charge on any atom is -0.489 e. The maximum absolute atomic E-state index is 12.9. The van der Waals surface area contributed by atoms with E-state index in [2.05, 4.69) is 14.1 Å². The number of rotatable bonds is 9. The highest BCUT2D eigenvalue weighted by Gasteiger charge is 2.27. The average molecular weight is 647 g/mol. The predicted octanol–water partition coefficient (Wildman–Crippen LogP) is 4.83. The van der Waals surface area contributed by atoms with Crippen LogP contribution < -0.4 is 14.8 Å². The maximum atomic E-state index is 12.9. The average Bonchev–Trinajstić information content (AvgIpc) is 3.43. The number of halogens is 3. The first-order valence-corrected chi connectivity index (χ1v) is 14.4. The molecule has 2 aromatic rings. The third kappa shape index (κ3) is 9.26. The second kappa shape index (κ2) is 15.3. The molecule has 2 aliphatic heterocycles. The van der Waals surface area contributed by atoms with Gasteiger partial charge in [0.2, 0.25) is 0 Å². The molecule has 0 unspecified atom stereocenters. The number of nitrogens with one attached hydrogen (secondary N) is 1. The lowest BCUT2D eigenvalue weighted by molar-refractivity contribution is -0.131. The van der Waals surface area contributed by atoms with Gasteiger partial charge in [-0.2, -0.15) is 8.42 Å². The number of likely N-dealkylation sites (tertiary alicyclic amines) is 1. The van der Waals surface area contributed by atoms with Crippen LogP contribution in [-0.2, 0) is 19.3 Å². The normalized spacial score (nSPS) is 15.5. The standard InChI is InChI=1S/C27H32ClN5O5S.2ClH/c1-19(34)38-39(35,36)33(14-4-6-20-5-2-7-21(17-20)27(29)30)22-9-10-25(24(28)18-22)37-23-11-15-32(16-12-23)26-8-3-13-31-26;;/h2,4-7,9-10,17-18,23H,3,8,11-16H2,1H3,(H3,29,30);2*1H/b6-4+;;. The molecule has 224 valence electrons. The Kier molecular flexibility index (Phi) is 12.8. The Morgan fingerprint density at radius 2 is 1.95 bits per heavy atom. The van der Waals surface area contributed by atoms with Gasteiger partial charge in [0.15, 0.2) is 0 Å². The molecule has 0 aliphatic carbocycles. The smallest absolute Gasteiger partial charge is 0.412 e. The molecule has 2 heterocycles. The Morgan fingerprint density at radius 3 is 2.56 bits per heavy atom. The molecule has 0 amide bonds. The number of benzene rings is 2. The van der Waals surface area contributed by atoms with Crippen LogP contribution in [0.2, 0.25) is 5.02 Å². The number of carbonyl (C=O) groups is 1. The first-order valence-electron chi connectivity index (χ1n) is 12.7. The second-order valence-corrected chi connectivity index (χ2v) is 11.2. The summed E-state index contributed by atoms with van der Waals surface area (Å²) in [7, 11) is -4.46. The number of amidine groups is 2. The van der Waals surface area contributed by atoms with E-state index in [1.165, 1.54) is 11.9 Å². The zero-order valence-electron chi connectivity index (χ0n) is 22.5. The number of aliphatic imine (C=N–C) groups is 1. The summed E-state index contributed by atoms with van der Waals surface area (Å²) < 4.78 is 37.5. The number of ether oxygens (including phenoxy) is 1. The van der Waals surface area contributed by atoms with Gasteiger partial charge in [0.1, 0.15) is 17.7 Å². The molecular formula is C27H34Cl3N5O5S. The quantitative estimate of drug-likeness (QED) is 0.294. The van der Waals surface area contributed by atoms with Crippen molar-refractivity contribution in [3.8, 4) is 5.75 Å². The molecule has 14 heteroatoms.